The summed E-state index contributed by atoms with van der Waals surface area (Å²) in [6, 6.07) is 12.5. The number of benzene rings is 2. The third-order valence-corrected chi connectivity index (χ3v) is 7.25. The van der Waals surface area contributed by atoms with E-state index in [9.17, 15) is 14.7 Å². The maximum Gasteiger partial charge on any atom is 0.301 e. The van der Waals surface area contributed by atoms with Gasteiger partial charge in [-0.3, -0.25) is 19.5 Å². The van der Waals surface area contributed by atoms with Crippen molar-refractivity contribution in [2.75, 3.05) is 19.1 Å². The van der Waals surface area contributed by atoms with Crippen LogP contribution in [0.4, 0.5) is 5.13 Å². The average Bonchev–Trinajstić information content (AvgIpc) is 3.40. The monoisotopic (exact) mass is 521 g/mol. The van der Waals surface area contributed by atoms with Gasteiger partial charge in [0, 0.05) is 11.8 Å². The number of carbonyl (C=O) groups excluding carboxylic acids is 2. The number of aromatic nitrogens is 2. The molecule has 1 aliphatic rings. The molecule has 2 aromatic heterocycles. The van der Waals surface area contributed by atoms with Crippen LogP contribution in [0, 0.1) is 6.92 Å². The Morgan fingerprint density at radius 2 is 1.86 bits per heavy atom. The molecule has 1 atom stereocenters. The summed E-state index contributed by atoms with van der Waals surface area (Å²) in [6.45, 7) is 1.90. The summed E-state index contributed by atoms with van der Waals surface area (Å²) in [6.07, 6.45) is 1.56. The topological polar surface area (TPSA) is 102 Å². The van der Waals surface area contributed by atoms with E-state index in [-0.39, 0.29) is 21.9 Å². The Hall–Kier alpha value is -3.95. The number of pyridine rings is 1. The first-order valence-electron chi connectivity index (χ1n) is 10.8. The van der Waals surface area contributed by atoms with E-state index in [0.717, 1.165) is 10.3 Å². The minimum Gasteiger partial charge on any atom is -0.507 e. The number of ether oxygens (including phenoxy) is 2. The standard InChI is InChI=1S/C26H20ClN3O5S/c1-13-10-17-20(12-19(13)35-3)36-26(29-17)30-22(16-6-4-5-9-28-16)21(24(32)25(30)33)23(31)14-7-8-18(34-2)15(27)11-14/h4-12,22,31H,1-3H3/b23-21+. The van der Waals surface area contributed by atoms with Crippen molar-refractivity contribution in [3.05, 3.63) is 82.1 Å². The number of nitrogens with zero attached hydrogens (tertiary/aromatic N) is 3. The number of Topliss-reactive ketones (excluding diaryl/α,β-unsaturated/α-hetero) is 1. The summed E-state index contributed by atoms with van der Waals surface area (Å²) in [4.78, 5) is 37.0. The number of aliphatic hydroxyl groups is 1. The molecule has 182 valence electrons. The van der Waals surface area contributed by atoms with Crippen LogP contribution in [0.5, 0.6) is 11.5 Å². The normalized spacial score (nSPS) is 17.1. The van der Waals surface area contributed by atoms with Gasteiger partial charge in [-0.05, 0) is 55.0 Å². The Kier molecular flexibility index (Phi) is 6.11. The summed E-state index contributed by atoms with van der Waals surface area (Å²) in [5.41, 5.74) is 2.13. The third-order valence-electron chi connectivity index (χ3n) is 5.94. The molecule has 4 aromatic rings. The molecule has 1 unspecified atom stereocenters. The maximum absolute atomic E-state index is 13.4. The van der Waals surface area contributed by atoms with Gasteiger partial charge in [-0.2, -0.15) is 0 Å². The average molecular weight is 522 g/mol. The van der Waals surface area contributed by atoms with E-state index >= 15 is 0 Å². The van der Waals surface area contributed by atoms with Crippen molar-refractivity contribution in [2.24, 2.45) is 0 Å². The predicted octanol–water partition coefficient (Wildman–Crippen LogP) is 5.30. The van der Waals surface area contributed by atoms with E-state index in [0.29, 0.717) is 27.8 Å². The Bertz CT molecular complexity index is 1550. The highest BCUT2D eigenvalue weighted by Gasteiger charge is 2.48. The number of rotatable bonds is 5. The molecule has 8 nitrogen and oxygen atoms in total. The van der Waals surface area contributed by atoms with Crippen LogP contribution >= 0.6 is 22.9 Å². The number of hydrogen-bond donors (Lipinski definition) is 1. The molecule has 0 spiro atoms. The first-order chi connectivity index (χ1) is 17.3. The molecule has 5 rings (SSSR count). The lowest BCUT2D eigenvalue weighted by molar-refractivity contribution is -0.132. The van der Waals surface area contributed by atoms with Crippen molar-refractivity contribution in [2.45, 2.75) is 13.0 Å². The number of anilines is 1. The smallest absolute Gasteiger partial charge is 0.301 e. The number of thiazole rings is 1. The Balaban J connectivity index is 1.71. The molecule has 0 saturated carbocycles. The number of halogens is 1. The highest BCUT2D eigenvalue weighted by molar-refractivity contribution is 7.22. The van der Waals surface area contributed by atoms with Gasteiger partial charge < -0.3 is 14.6 Å². The van der Waals surface area contributed by atoms with Crippen molar-refractivity contribution in [3.8, 4) is 11.5 Å². The van der Waals surface area contributed by atoms with Crippen LogP contribution in [0.3, 0.4) is 0 Å². The van der Waals surface area contributed by atoms with Crippen molar-refractivity contribution >= 4 is 55.7 Å². The second-order valence-corrected chi connectivity index (χ2v) is 9.48. The SMILES string of the molecule is COc1cc2sc(N3C(=O)C(=O)/C(=C(/O)c4ccc(OC)c(Cl)c4)C3c3ccccn3)nc2cc1C. The Morgan fingerprint density at radius 3 is 2.53 bits per heavy atom. The van der Waals surface area contributed by atoms with Crippen LogP contribution in [-0.2, 0) is 9.59 Å². The molecule has 10 heteroatoms. The van der Waals surface area contributed by atoms with Crippen LogP contribution in [0.2, 0.25) is 5.02 Å². The van der Waals surface area contributed by atoms with Gasteiger partial charge in [-0.15, -0.1) is 0 Å². The lowest BCUT2D eigenvalue weighted by Gasteiger charge is -2.22. The molecule has 3 heterocycles. The van der Waals surface area contributed by atoms with Gasteiger partial charge in [-0.25, -0.2) is 4.98 Å². The molecular formula is C26H20ClN3O5S. The zero-order chi connectivity index (χ0) is 25.6. The zero-order valence-corrected chi connectivity index (χ0v) is 21.1. The van der Waals surface area contributed by atoms with Gasteiger partial charge >= 0.3 is 5.91 Å². The van der Waals surface area contributed by atoms with E-state index in [4.69, 9.17) is 21.1 Å². The molecule has 1 saturated heterocycles. The van der Waals surface area contributed by atoms with E-state index in [1.807, 2.05) is 19.1 Å². The predicted molar refractivity (Wildman–Crippen MR) is 138 cm³/mol. The van der Waals surface area contributed by atoms with Gasteiger partial charge in [0.05, 0.1) is 40.7 Å². The van der Waals surface area contributed by atoms with Crippen molar-refractivity contribution in [1.29, 1.82) is 0 Å². The van der Waals surface area contributed by atoms with Crippen LogP contribution in [0.15, 0.2) is 60.3 Å². The van der Waals surface area contributed by atoms with E-state index in [2.05, 4.69) is 9.97 Å². The number of aryl methyl sites for hydroxylation is 1. The summed E-state index contributed by atoms with van der Waals surface area (Å²) in [5, 5.41) is 11.8. The lowest BCUT2D eigenvalue weighted by Crippen LogP contribution is -2.29. The molecule has 2 aromatic carbocycles. The van der Waals surface area contributed by atoms with Crippen LogP contribution in [-0.4, -0.2) is 41.0 Å². The number of methoxy groups -OCH3 is 2. The largest absolute Gasteiger partial charge is 0.507 e. The number of aliphatic hydroxyl groups excluding tert-OH is 1. The van der Waals surface area contributed by atoms with Gasteiger partial charge in [0.15, 0.2) is 5.13 Å². The lowest BCUT2D eigenvalue weighted by atomic mass is 9.98. The molecule has 0 radical (unpaired) electrons. The summed E-state index contributed by atoms with van der Waals surface area (Å²) >= 11 is 7.50. The van der Waals surface area contributed by atoms with Crippen molar-refractivity contribution in [3.63, 3.8) is 0 Å². The van der Waals surface area contributed by atoms with E-state index < -0.39 is 17.7 Å². The second-order valence-electron chi connectivity index (χ2n) is 8.06. The number of fused-ring (bicyclic) bond motifs is 1. The van der Waals surface area contributed by atoms with Crippen LogP contribution < -0.4 is 14.4 Å². The number of hydrogen-bond acceptors (Lipinski definition) is 8. The highest BCUT2D eigenvalue weighted by atomic mass is 35.5. The van der Waals surface area contributed by atoms with Gasteiger partial charge in [-0.1, -0.05) is 29.0 Å². The quantitative estimate of drug-likeness (QED) is 0.216. The minimum absolute atomic E-state index is 0.104. The van der Waals surface area contributed by atoms with Crippen molar-refractivity contribution in [1.82, 2.24) is 9.97 Å². The second kappa shape index (κ2) is 9.25. The van der Waals surface area contributed by atoms with Crippen LogP contribution in [0.1, 0.15) is 22.9 Å². The number of amides is 1. The Labute approximate surface area is 215 Å². The fourth-order valence-electron chi connectivity index (χ4n) is 4.19. The maximum atomic E-state index is 13.4. The third kappa shape index (κ3) is 3.86. The molecule has 0 bridgehead atoms. The summed E-state index contributed by atoms with van der Waals surface area (Å²) in [7, 11) is 3.06. The Morgan fingerprint density at radius 1 is 1.08 bits per heavy atom. The zero-order valence-electron chi connectivity index (χ0n) is 19.5. The number of carbonyl (C=O) groups is 2. The molecule has 36 heavy (non-hydrogen) atoms. The molecule has 0 aliphatic carbocycles. The first kappa shape index (κ1) is 23.8. The molecule has 1 aliphatic heterocycles. The minimum atomic E-state index is -0.990. The van der Waals surface area contributed by atoms with Crippen LogP contribution in [0.25, 0.3) is 16.0 Å². The molecular weight excluding hydrogens is 502 g/mol. The summed E-state index contributed by atoms with van der Waals surface area (Å²) in [5.74, 6) is -0.917. The van der Waals surface area contributed by atoms with Gasteiger partial charge in [0.1, 0.15) is 23.3 Å². The van der Waals surface area contributed by atoms with E-state index in [1.54, 1.807) is 43.6 Å². The van der Waals surface area contributed by atoms with Gasteiger partial charge in [0.25, 0.3) is 5.78 Å². The highest BCUT2D eigenvalue weighted by Crippen LogP contribution is 2.44. The molecule has 1 amide bonds. The number of ketones is 1. The molecule has 1 N–H and O–H groups in total. The molecule has 1 fully saturated rings. The van der Waals surface area contributed by atoms with Gasteiger partial charge in [0.2, 0.25) is 0 Å². The fourth-order valence-corrected chi connectivity index (χ4v) is 5.45. The van der Waals surface area contributed by atoms with E-state index in [1.165, 1.54) is 29.4 Å². The first-order valence-corrected chi connectivity index (χ1v) is 12.0. The van der Waals surface area contributed by atoms with Crippen molar-refractivity contribution < 1.29 is 24.2 Å². The fraction of sp³-hybridized carbons (Fsp3) is 0.154. The summed E-state index contributed by atoms with van der Waals surface area (Å²) < 4.78 is 11.4.